The van der Waals surface area contributed by atoms with Gasteiger partial charge >= 0.3 is 5.97 Å². The molecular formula is C24H32N2O4S. The molecule has 7 heteroatoms. The summed E-state index contributed by atoms with van der Waals surface area (Å²) in [6.45, 7) is 14.8. The van der Waals surface area contributed by atoms with Gasteiger partial charge in [0, 0.05) is 17.3 Å². The predicted octanol–water partition coefficient (Wildman–Crippen LogP) is 5.09. The molecule has 168 valence electrons. The van der Waals surface area contributed by atoms with Crippen LogP contribution in [0.1, 0.15) is 70.6 Å². The average Bonchev–Trinajstić information content (AvgIpc) is 2.93. The summed E-state index contributed by atoms with van der Waals surface area (Å²) in [4.78, 5) is 40.9. The van der Waals surface area contributed by atoms with Gasteiger partial charge in [-0.15, -0.1) is 0 Å². The second kappa shape index (κ2) is 8.34. The molecule has 0 radical (unpaired) electrons. The number of methoxy groups -OCH3 is 1. The van der Waals surface area contributed by atoms with E-state index >= 15 is 0 Å². The number of rotatable bonds is 4. The van der Waals surface area contributed by atoms with Crippen LogP contribution >= 0.6 is 11.8 Å². The van der Waals surface area contributed by atoms with Crippen LogP contribution in [0.4, 0.5) is 10.5 Å². The van der Waals surface area contributed by atoms with E-state index in [0.717, 1.165) is 34.2 Å². The normalized spacial score (nSPS) is 22.9. The van der Waals surface area contributed by atoms with E-state index in [1.165, 1.54) is 25.3 Å². The first-order chi connectivity index (χ1) is 14.4. The molecule has 0 spiro atoms. The van der Waals surface area contributed by atoms with Crippen LogP contribution in [0.15, 0.2) is 17.0 Å². The number of imide groups is 1. The minimum atomic E-state index is -0.949. The Labute approximate surface area is 189 Å². The molecule has 0 aromatic heterocycles. The molecule has 0 N–H and O–H groups in total. The first-order valence-electron chi connectivity index (χ1n) is 10.7. The predicted molar refractivity (Wildman–Crippen MR) is 125 cm³/mol. The van der Waals surface area contributed by atoms with E-state index in [9.17, 15) is 14.4 Å². The van der Waals surface area contributed by atoms with Crippen molar-refractivity contribution in [3.8, 4) is 0 Å². The average molecular weight is 445 g/mol. The van der Waals surface area contributed by atoms with Crippen molar-refractivity contribution in [2.75, 3.05) is 12.0 Å². The second-order valence-corrected chi connectivity index (χ2v) is 10.4. The second-order valence-electron chi connectivity index (χ2n) is 9.40. The van der Waals surface area contributed by atoms with Gasteiger partial charge in [-0.3, -0.25) is 14.5 Å². The maximum absolute atomic E-state index is 12.9. The van der Waals surface area contributed by atoms with Gasteiger partial charge < -0.3 is 9.64 Å². The fraction of sp³-hybridized carbons (Fsp3) is 0.542. The van der Waals surface area contributed by atoms with E-state index < -0.39 is 23.2 Å². The summed E-state index contributed by atoms with van der Waals surface area (Å²) < 4.78 is 4.70. The number of hydrogen-bond donors (Lipinski definition) is 0. The molecular weight excluding hydrogens is 412 g/mol. The zero-order chi connectivity index (χ0) is 23.2. The molecule has 2 aliphatic rings. The molecule has 31 heavy (non-hydrogen) atoms. The zero-order valence-corrected chi connectivity index (χ0v) is 20.4. The summed E-state index contributed by atoms with van der Waals surface area (Å²) in [5.41, 5.74) is 4.52. The van der Waals surface area contributed by atoms with Crippen LogP contribution in [0.25, 0.3) is 6.08 Å². The summed E-state index contributed by atoms with van der Waals surface area (Å²) in [5.74, 6) is -0.691. The molecule has 0 aliphatic carbocycles. The van der Waals surface area contributed by atoms with Gasteiger partial charge in [-0.2, -0.15) is 0 Å². The van der Waals surface area contributed by atoms with Crippen LogP contribution in [0, 0.1) is 6.92 Å². The zero-order valence-electron chi connectivity index (χ0n) is 19.6. The van der Waals surface area contributed by atoms with E-state index in [0.29, 0.717) is 16.9 Å². The van der Waals surface area contributed by atoms with Gasteiger partial charge in [-0.25, -0.2) is 4.79 Å². The van der Waals surface area contributed by atoms with Gasteiger partial charge in [0.25, 0.3) is 11.1 Å². The van der Waals surface area contributed by atoms with Crippen LogP contribution < -0.4 is 4.90 Å². The third-order valence-electron chi connectivity index (χ3n) is 6.22. The quantitative estimate of drug-likeness (QED) is 0.476. The van der Waals surface area contributed by atoms with Gasteiger partial charge in [-0.1, -0.05) is 6.92 Å². The number of esters is 1. The molecule has 1 fully saturated rings. The highest BCUT2D eigenvalue weighted by Crippen LogP contribution is 2.46. The number of hydrogen-bond acceptors (Lipinski definition) is 6. The Bertz CT molecular complexity index is 967. The van der Waals surface area contributed by atoms with Crippen molar-refractivity contribution in [2.24, 2.45) is 0 Å². The molecule has 1 saturated heterocycles. The number of aryl methyl sites for hydroxylation is 1. The highest BCUT2D eigenvalue weighted by molar-refractivity contribution is 8.18. The standard InChI is InChI=1S/C24H32N2O4S/c1-13(2)26-19-9-14(3)17(10-18(19)15(4)12-24(26,6)7)11-20-21(27)25(23(29)31-20)16(5)22(28)30-8/h9-11,13,15-16H,12H2,1-8H3/b20-11+/t15-,16+/m0/s1. The van der Waals surface area contributed by atoms with E-state index in [-0.39, 0.29) is 5.54 Å². The molecule has 2 aliphatic heterocycles. The van der Waals surface area contributed by atoms with Gasteiger partial charge in [-0.05, 0) is 101 Å². The van der Waals surface area contributed by atoms with Crippen molar-refractivity contribution in [3.63, 3.8) is 0 Å². The van der Waals surface area contributed by atoms with E-state index in [1.807, 2.05) is 6.92 Å². The molecule has 0 bridgehead atoms. The van der Waals surface area contributed by atoms with Crippen molar-refractivity contribution >= 4 is 40.6 Å². The van der Waals surface area contributed by atoms with Crippen molar-refractivity contribution < 1.29 is 19.1 Å². The summed E-state index contributed by atoms with van der Waals surface area (Å²) in [6.07, 6.45) is 2.81. The van der Waals surface area contributed by atoms with Gasteiger partial charge in [0.1, 0.15) is 6.04 Å². The fourth-order valence-corrected chi connectivity index (χ4v) is 5.88. The lowest BCUT2D eigenvalue weighted by Crippen LogP contribution is -2.51. The number of anilines is 1. The Morgan fingerprint density at radius 3 is 2.48 bits per heavy atom. The van der Waals surface area contributed by atoms with Crippen LogP contribution in [-0.2, 0) is 14.3 Å². The summed E-state index contributed by atoms with van der Waals surface area (Å²) in [7, 11) is 1.24. The van der Waals surface area contributed by atoms with Crippen LogP contribution in [0.2, 0.25) is 0 Å². The SMILES string of the molecule is COC(=O)[C@@H](C)N1C(=O)S/C(=C/c2cc3c(cc2C)N(C(C)C)C(C)(C)C[C@@H]3C)C1=O. The third kappa shape index (κ3) is 4.12. The van der Waals surface area contributed by atoms with E-state index in [2.05, 4.69) is 51.7 Å². The van der Waals surface area contributed by atoms with Gasteiger partial charge in [0.15, 0.2) is 0 Å². The largest absolute Gasteiger partial charge is 0.467 e. The number of ether oxygens (including phenoxy) is 1. The van der Waals surface area contributed by atoms with Gasteiger partial charge in [0.05, 0.1) is 12.0 Å². The maximum Gasteiger partial charge on any atom is 0.328 e. The van der Waals surface area contributed by atoms with Crippen molar-refractivity contribution in [1.29, 1.82) is 0 Å². The molecule has 1 aromatic rings. The molecule has 0 unspecified atom stereocenters. The minimum absolute atomic E-state index is 0.0568. The van der Waals surface area contributed by atoms with Crippen LogP contribution in [0.3, 0.4) is 0 Å². The van der Waals surface area contributed by atoms with Crippen molar-refractivity contribution in [1.82, 2.24) is 4.90 Å². The van der Waals surface area contributed by atoms with Crippen molar-refractivity contribution in [2.45, 2.75) is 78.4 Å². The number of benzene rings is 1. The summed E-state index contributed by atoms with van der Waals surface area (Å²) >= 11 is 0.865. The lowest BCUT2D eigenvalue weighted by Gasteiger charge is -2.50. The molecule has 0 saturated carbocycles. The molecule has 2 atom stereocenters. The highest BCUT2D eigenvalue weighted by Gasteiger charge is 2.42. The smallest absolute Gasteiger partial charge is 0.328 e. The van der Waals surface area contributed by atoms with Gasteiger partial charge in [0.2, 0.25) is 0 Å². The molecule has 3 rings (SSSR count). The molecule has 1 aromatic carbocycles. The van der Waals surface area contributed by atoms with Crippen LogP contribution in [-0.4, -0.2) is 46.7 Å². The minimum Gasteiger partial charge on any atom is -0.467 e. The fourth-order valence-electron chi connectivity index (χ4n) is 4.98. The first-order valence-corrected chi connectivity index (χ1v) is 11.5. The summed E-state index contributed by atoms with van der Waals surface area (Å²) in [6, 6.07) is 3.76. The number of nitrogens with zero attached hydrogens (tertiary/aromatic N) is 2. The highest BCUT2D eigenvalue weighted by atomic mass is 32.2. The first kappa shape index (κ1) is 23.4. The van der Waals surface area contributed by atoms with E-state index in [1.54, 1.807) is 6.08 Å². The topological polar surface area (TPSA) is 66.9 Å². The Balaban J connectivity index is 2.02. The Morgan fingerprint density at radius 2 is 1.90 bits per heavy atom. The Kier molecular flexibility index (Phi) is 6.29. The lowest BCUT2D eigenvalue weighted by atomic mass is 9.78. The molecule has 2 heterocycles. The third-order valence-corrected chi connectivity index (χ3v) is 7.10. The number of carbonyl (C=O) groups excluding carboxylic acids is 3. The number of carbonyl (C=O) groups is 3. The number of thioether (sulfide) groups is 1. The van der Waals surface area contributed by atoms with Crippen LogP contribution in [0.5, 0.6) is 0 Å². The van der Waals surface area contributed by atoms with Crippen molar-refractivity contribution in [3.05, 3.63) is 33.7 Å². The van der Waals surface area contributed by atoms with E-state index in [4.69, 9.17) is 4.74 Å². The number of amides is 2. The molecule has 6 nitrogen and oxygen atoms in total. The lowest BCUT2D eigenvalue weighted by molar-refractivity contribution is -0.148. The monoisotopic (exact) mass is 444 g/mol. The Morgan fingerprint density at radius 1 is 1.26 bits per heavy atom. The summed E-state index contributed by atoms with van der Waals surface area (Å²) in [5, 5.41) is -0.453. The maximum atomic E-state index is 12.9. The molecule has 2 amide bonds. The number of fused-ring (bicyclic) bond motifs is 1. The Hall–Kier alpha value is -2.28.